The quantitative estimate of drug-likeness (QED) is 0.574. The standard InChI is InChI=1S/C13H22BrNO/c14-9-4-3-7-13(16)15-10-8-11-5-1-2-6-12(11)15/h11-12H,1-10H2. The SMILES string of the molecule is O=C(CCCCBr)N1CCC2CCCCC21. The molecule has 3 heteroatoms. The highest BCUT2D eigenvalue weighted by molar-refractivity contribution is 9.09. The van der Waals surface area contributed by atoms with Crippen molar-refractivity contribution >= 4 is 21.8 Å². The molecule has 1 aliphatic heterocycles. The van der Waals surface area contributed by atoms with Crippen LogP contribution in [0.3, 0.4) is 0 Å². The molecule has 0 aromatic heterocycles. The van der Waals surface area contributed by atoms with E-state index in [4.69, 9.17) is 0 Å². The van der Waals surface area contributed by atoms with E-state index in [1.54, 1.807) is 0 Å². The van der Waals surface area contributed by atoms with Crippen LogP contribution in [0.15, 0.2) is 0 Å². The number of nitrogens with zero attached hydrogens (tertiary/aromatic N) is 1. The molecule has 2 atom stereocenters. The molecule has 92 valence electrons. The second-order valence-corrected chi connectivity index (χ2v) is 5.93. The van der Waals surface area contributed by atoms with Crippen LogP contribution in [0.2, 0.25) is 0 Å². The minimum atomic E-state index is 0.412. The van der Waals surface area contributed by atoms with Gasteiger partial charge in [0, 0.05) is 24.3 Å². The molecule has 2 rings (SSSR count). The van der Waals surface area contributed by atoms with Gasteiger partial charge in [-0.1, -0.05) is 28.8 Å². The first kappa shape index (κ1) is 12.4. The molecule has 0 bridgehead atoms. The second-order valence-electron chi connectivity index (χ2n) is 5.13. The number of halogens is 1. The number of fused-ring (bicyclic) bond motifs is 1. The van der Waals surface area contributed by atoms with Gasteiger partial charge in [-0.3, -0.25) is 4.79 Å². The van der Waals surface area contributed by atoms with E-state index in [2.05, 4.69) is 20.8 Å². The summed E-state index contributed by atoms with van der Waals surface area (Å²) in [5, 5.41) is 1.02. The van der Waals surface area contributed by atoms with Gasteiger partial charge in [0.25, 0.3) is 0 Å². The maximum atomic E-state index is 12.1. The largest absolute Gasteiger partial charge is 0.339 e. The Morgan fingerprint density at radius 3 is 2.81 bits per heavy atom. The Balaban J connectivity index is 1.82. The number of hydrogen-bond acceptors (Lipinski definition) is 1. The molecule has 1 aliphatic carbocycles. The second kappa shape index (κ2) is 6.04. The fourth-order valence-corrected chi connectivity index (χ4v) is 3.63. The predicted molar refractivity (Wildman–Crippen MR) is 69.7 cm³/mol. The van der Waals surface area contributed by atoms with Crippen LogP contribution in [-0.4, -0.2) is 28.7 Å². The number of alkyl halides is 1. The van der Waals surface area contributed by atoms with Gasteiger partial charge in [-0.25, -0.2) is 0 Å². The summed E-state index contributed by atoms with van der Waals surface area (Å²) in [5.74, 6) is 1.24. The van der Waals surface area contributed by atoms with Crippen molar-refractivity contribution in [2.75, 3.05) is 11.9 Å². The zero-order valence-corrected chi connectivity index (χ0v) is 11.5. The summed E-state index contributed by atoms with van der Waals surface area (Å²) in [5.41, 5.74) is 0. The van der Waals surface area contributed by atoms with Crippen molar-refractivity contribution in [1.29, 1.82) is 0 Å². The molecule has 0 radical (unpaired) electrons. The number of likely N-dealkylation sites (tertiary alicyclic amines) is 1. The smallest absolute Gasteiger partial charge is 0.222 e. The third kappa shape index (κ3) is 2.79. The van der Waals surface area contributed by atoms with Crippen molar-refractivity contribution in [1.82, 2.24) is 4.90 Å². The average molecular weight is 288 g/mol. The highest BCUT2D eigenvalue weighted by Gasteiger charge is 2.37. The van der Waals surface area contributed by atoms with Crippen molar-refractivity contribution in [2.45, 2.75) is 57.4 Å². The maximum absolute atomic E-state index is 12.1. The molecule has 2 fully saturated rings. The lowest BCUT2D eigenvalue weighted by Gasteiger charge is -2.31. The van der Waals surface area contributed by atoms with Gasteiger partial charge in [0.2, 0.25) is 5.91 Å². The van der Waals surface area contributed by atoms with Crippen LogP contribution in [-0.2, 0) is 4.79 Å². The molecule has 16 heavy (non-hydrogen) atoms. The predicted octanol–water partition coefficient (Wildman–Crippen LogP) is 3.34. The number of rotatable bonds is 4. The van der Waals surface area contributed by atoms with E-state index in [9.17, 15) is 4.79 Å². The Morgan fingerprint density at radius 1 is 1.19 bits per heavy atom. The molecule has 1 amide bonds. The molecular weight excluding hydrogens is 266 g/mol. The van der Waals surface area contributed by atoms with Crippen molar-refractivity contribution < 1.29 is 4.79 Å². The van der Waals surface area contributed by atoms with Crippen molar-refractivity contribution in [3.8, 4) is 0 Å². The summed E-state index contributed by atoms with van der Waals surface area (Å²) in [6, 6.07) is 0.602. The normalized spacial score (nSPS) is 29.2. The minimum absolute atomic E-state index is 0.412. The molecule has 0 aromatic rings. The minimum Gasteiger partial charge on any atom is -0.339 e. The summed E-state index contributed by atoms with van der Waals surface area (Å²) >= 11 is 3.41. The van der Waals surface area contributed by atoms with Crippen molar-refractivity contribution in [3.63, 3.8) is 0 Å². The van der Waals surface area contributed by atoms with Crippen LogP contribution in [0.4, 0.5) is 0 Å². The van der Waals surface area contributed by atoms with Crippen LogP contribution in [0.25, 0.3) is 0 Å². The molecule has 0 aromatic carbocycles. The average Bonchev–Trinajstić information content (AvgIpc) is 2.73. The molecular formula is C13H22BrNO. The summed E-state index contributed by atoms with van der Waals surface area (Å²) in [6.45, 7) is 1.03. The van der Waals surface area contributed by atoms with Crippen LogP contribution in [0.1, 0.15) is 51.4 Å². The summed E-state index contributed by atoms with van der Waals surface area (Å²) < 4.78 is 0. The maximum Gasteiger partial charge on any atom is 0.222 e. The fraction of sp³-hybridized carbons (Fsp3) is 0.923. The Hall–Kier alpha value is -0.0500. The van der Waals surface area contributed by atoms with E-state index in [-0.39, 0.29) is 0 Å². The molecule has 1 heterocycles. The van der Waals surface area contributed by atoms with Gasteiger partial charge < -0.3 is 4.90 Å². The fourth-order valence-electron chi connectivity index (χ4n) is 3.23. The van der Waals surface area contributed by atoms with Crippen molar-refractivity contribution in [3.05, 3.63) is 0 Å². The van der Waals surface area contributed by atoms with Crippen LogP contribution in [0.5, 0.6) is 0 Å². The van der Waals surface area contributed by atoms with Gasteiger partial charge in [-0.2, -0.15) is 0 Å². The molecule has 1 saturated heterocycles. The summed E-state index contributed by atoms with van der Waals surface area (Å²) in [4.78, 5) is 14.3. The molecule has 0 spiro atoms. The molecule has 2 unspecified atom stereocenters. The van der Waals surface area contributed by atoms with E-state index in [1.165, 1.54) is 32.1 Å². The lowest BCUT2D eigenvalue weighted by Crippen LogP contribution is -2.39. The highest BCUT2D eigenvalue weighted by Crippen LogP contribution is 2.36. The van der Waals surface area contributed by atoms with E-state index in [1.807, 2.05) is 0 Å². The van der Waals surface area contributed by atoms with E-state index < -0.39 is 0 Å². The van der Waals surface area contributed by atoms with Crippen LogP contribution in [0, 0.1) is 5.92 Å². The van der Waals surface area contributed by atoms with Crippen molar-refractivity contribution in [2.24, 2.45) is 5.92 Å². The number of amides is 1. The Bertz CT molecular complexity index is 244. The third-order valence-corrected chi connectivity index (χ3v) is 4.67. The number of carbonyl (C=O) groups is 1. The number of carbonyl (C=O) groups excluding carboxylic acids is 1. The lowest BCUT2D eigenvalue weighted by molar-refractivity contribution is -0.132. The summed E-state index contributed by atoms with van der Waals surface area (Å²) in [6.07, 6.45) is 9.50. The zero-order valence-electron chi connectivity index (χ0n) is 9.96. The summed E-state index contributed by atoms with van der Waals surface area (Å²) in [7, 11) is 0. The van der Waals surface area contributed by atoms with E-state index in [0.29, 0.717) is 11.9 Å². The van der Waals surface area contributed by atoms with Gasteiger partial charge in [0.1, 0.15) is 0 Å². The van der Waals surface area contributed by atoms with E-state index in [0.717, 1.165) is 37.1 Å². The Kier molecular flexibility index (Phi) is 4.68. The van der Waals surface area contributed by atoms with E-state index >= 15 is 0 Å². The van der Waals surface area contributed by atoms with Gasteiger partial charge in [-0.15, -0.1) is 0 Å². The molecule has 2 aliphatic rings. The number of hydrogen-bond donors (Lipinski definition) is 0. The first-order valence-electron chi connectivity index (χ1n) is 6.68. The Morgan fingerprint density at radius 2 is 2.00 bits per heavy atom. The first-order chi connectivity index (χ1) is 7.83. The van der Waals surface area contributed by atoms with Crippen LogP contribution < -0.4 is 0 Å². The highest BCUT2D eigenvalue weighted by atomic mass is 79.9. The Labute approximate surface area is 107 Å². The molecule has 2 nitrogen and oxygen atoms in total. The van der Waals surface area contributed by atoms with Crippen LogP contribution >= 0.6 is 15.9 Å². The molecule has 1 saturated carbocycles. The third-order valence-electron chi connectivity index (χ3n) is 4.10. The van der Waals surface area contributed by atoms with Gasteiger partial charge in [0.15, 0.2) is 0 Å². The number of unbranched alkanes of at least 4 members (excludes halogenated alkanes) is 1. The lowest BCUT2D eigenvalue weighted by atomic mass is 9.85. The zero-order chi connectivity index (χ0) is 11.4. The monoisotopic (exact) mass is 287 g/mol. The van der Waals surface area contributed by atoms with Gasteiger partial charge in [0.05, 0.1) is 0 Å². The topological polar surface area (TPSA) is 20.3 Å². The van der Waals surface area contributed by atoms with Gasteiger partial charge >= 0.3 is 0 Å². The van der Waals surface area contributed by atoms with Gasteiger partial charge in [-0.05, 0) is 38.0 Å². The molecule has 0 N–H and O–H groups in total. The first-order valence-corrected chi connectivity index (χ1v) is 7.80.